The second-order valence-electron chi connectivity index (χ2n) is 2.09. The van der Waals surface area contributed by atoms with Crippen molar-refractivity contribution in [3.8, 4) is 0 Å². The van der Waals surface area contributed by atoms with Crippen molar-refractivity contribution in [2.75, 3.05) is 13.6 Å². The van der Waals surface area contributed by atoms with E-state index in [2.05, 4.69) is 0 Å². The van der Waals surface area contributed by atoms with E-state index in [1.54, 1.807) is 0 Å². The largest absolute Gasteiger partial charge is 1.00 e. The molecule has 0 N–H and O–H groups in total. The Bertz CT molecular complexity index is 120. The molecule has 11 heavy (non-hydrogen) atoms. The van der Waals surface area contributed by atoms with Gasteiger partial charge in [0.15, 0.2) is 0 Å². The van der Waals surface area contributed by atoms with E-state index in [0.717, 1.165) is 4.90 Å². The number of carbonyl (C=O) groups excluding carboxylic acids is 1. The van der Waals surface area contributed by atoms with E-state index >= 15 is 0 Å². The van der Waals surface area contributed by atoms with Gasteiger partial charge in [0, 0.05) is 7.05 Å². The molecule has 0 bridgehead atoms. The molecule has 0 heterocycles. The molecule has 0 aliphatic carbocycles. The predicted molar refractivity (Wildman–Crippen MR) is 32.6 cm³/mol. The fourth-order valence-corrected chi connectivity index (χ4v) is 0.403. The number of halogens is 3. The van der Waals surface area contributed by atoms with Gasteiger partial charge in [0.1, 0.15) is 0 Å². The first-order chi connectivity index (χ1) is 4.45. The molecule has 0 fully saturated rings. The van der Waals surface area contributed by atoms with Crippen molar-refractivity contribution in [2.45, 2.75) is 6.32 Å². The standard InChI is InChI=1S/C4H8BF3NO.K/c1-9(4-10)3-2-5(6,7)8;/h4H,2-3H2,1H3;/q-1;+1. The number of nitrogens with zero attached hydrogens (tertiary/aromatic N) is 1. The van der Waals surface area contributed by atoms with Crippen molar-refractivity contribution in [3.63, 3.8) is 0 Å². The van der Waals surface area contributed by atoms with Crippen LogP contribution in [0.4, 0.5) is 12.9 Å². The van der Waals surface area contributed by atoms with Gasteiger partial charge in [-0.05, 0) is 6.54 Å². The molecule has 7 heteroatoms. The van der Waals surface area contributed by atoms with Crippen LogP contribution in [0.3, 0.4) is 0 Å². The van der Waals surface area contributed by atoms with Crippen molar-refractivity contribution >= 4 is 13.4 Å². The van der Waals surface area contributed by atoms with Gasteiger partial charge in [0.25, 0.3) is 0 Å². The summed E-state index contributed by atoms with van der Waals surface area (Å²) >= 11 is 0. The Labute approximate surface area is 106 Å². The molecule has 0 saturated carbocycles. The normalized spacial score (nSPS) is 10.2. The molecule has 0 radical (unpaired) electrons. The van der Waals surface area contributed by atoms with Gasteiger partial charge >= 0.3 is 58.4 Å². The van der Waals surface area contributed by atoms with Crippen LogP contribution in [-0.2, 0) is 4.79 Å². The molecule has 0 atom stereocenters. The Morgan fingerprint density at radius 1 is 1.45 bits per heavy atom. The number of rotatable bonds is 4. The molecule has 2 nitrogen and oxygen atoms in total. The summed E-state index contributed by atoms with van der Waals surface area (Å²) < 4.78 is 34.4. The molecule has 0 aromatic rings. The van der Waals surface area contributed by atoms with Crippen LogP contribution in [0.15, 0.2) is 0 Å². The molecule has 0 aromatic carbocycles. The summed E-state index contributed by atoms with van der Waals surface area (Å²) in [4.78, 5) is 10.8. The molecule has 1 amide bonds. The van der Waals surface area contributed by atoms with Gasteiger partial charge in [0.2, 0.25) is 6.41 Å². The van der Waals surface area contributed by atoms with E-state index in [0.29, 0.717) is 6.41 Å². The summed E-state index contributed by atoms with van der Waals surface area (Å²) in [5.41, 5.74) is 0. The summed E-state index contributed by atoms with van der Waals surface area (Å²) in [5, 5.41) is 0. The zero-order valence-corrected chi connectivity index (χ0v) is 9.68. The van der Waals surface area contributed by atoms with Crippen molar-refractivity contribution < 1.29 is 69.1 Å². The molecule has 0 aliphatic rings. The second kappa shape index (κ2) is 6.47. The first-order valence-electron chi connectivity index (χ1n) is 2.82. The minimum Gasteiger partial charge on any atom is -0.449 e. The predicted octanol–water partition coefficient (Wildman–Crippen LogP) is -2.07. The summed E-state index contributed by atoms with van der Waals surface area (Å²) in [7, 11) is 1.31. The second-order valence-corrected chi connectivity index (χ2v) is 2.09. The Kier molecular flexibility index (Phi) is 8.52. The topological polar surface area (TPSA) is 20.3 Å². The third kappa shape index (κ3) is 11.0. The zero-order valence-electron chi connectivity index (χ0n) is 6.56. The van der Waals surface area contributed by atoms with Gasteiger partial charge in [-0.3, -0.25) is 4.79 Å². The van der Waals surface area contributed by atoms with Crippen LogP contribution in [0.1, 0.15) is 0 Å². The SMILES string of the molecule is CN(C=O)CC[B-](F)(F)F.[K+]. The maximum atomic E-state index is 11.5. The molecule has 0 saturated heterocycles. The van der Waals surface area contributed by atoms with Crippen LogP contribution in [-0.4, -0.2) is 31.9 Å². The monoisotopic (exact) mass is 193 g/mol. The summed E-state index contributed by atoms with van der Waals surface area (Å²) in [5.74, 6) is 0. The summed E-state index contributed by atoms with van der Waals surface area (Å²) in [6.45, 7) is -4.98. The molecule has 0 rings (SSSR count). The Balaban J connectivity index is 0. The Hall–Kier alpha value is 0.961. The first-order valence-corrected chi connectivity index (χ1v) is 2.82. The van der Waals surface area contributed by atoms with Crippen LogP contribution in [0.25, 0.3) is 0 Å². The van der Waals surface area contributed by atoms with Crippen LogP contribution in [0.5, 0.6) is 0 Å². The van der Waals surface area contributed by atoms with E-state index in [9.17, 15) is 17.7 Å². The van der Waals surface area contributed by atoms with E-state index in [1.807, 2.05) is 0 Å². The quantitative estimate of drug-likeness (QED) is 0.371. The summed E-state index contributed by atoms with van der Waals surface area (Å²) in [6.07, 6.45) is -0.503. The Morgan fingerprint density at radius 3 is 2.18 bits per heavy atom. The average molecular weight is 193 g/mol. The fourth-order valence-electron chi connectivity index (χ4n) is 0.403. The zero-order chi connectivity index (χ0) is 8.20. The van der Waals surface area contributed by atoms with Crippen LogP contribution in [0.2, 0.25) is 6.32 Å². The van der Waals surface area contributed by atoms with Crippen molar-refractivity contribution in [1.29, 1.82) is 0 Å². The smallest absolute Gasteiger partial charge is 0.449 e. The van der Waals surface area contributed by atoms with Gasteiger partial charge in [-0.2, -0.15) is 0 Å². The van der Waals surface area contributed by atoms with E-state index in [1.165, 1.54) is 7.05 Å². The minimum absolute atomic E-state index is 0. The number of hydrogen-bond donors (Lipinski definition) is 0. The molecule has 0 unspecified atom stereocenters. The molecular formula is C4H8BF3KNO. The molecule has 0 aliphatic heterocycles. The number of amides is 1. The summed E-state index contributed by atoms with van der Waals surface area (Å²) in [6, 6.07) is 0. The first kappa shape index (κ1) is 14.5. The maximum absolute atomic E-state index is 11.5. The molecule has 0 aromatic heterocycles. The fraction of sp³-hybridized carbons (Fsp3) is 0.750. The van der Waals surface area contributed by atoms with Crippen LogP contribution < -0.4 is 51.4 Å². The van der Waals surface area contributed by atoms with Crippen molar-refractivity contribution in [2.24, 2.45) is 0 Å². The van der Waals surface area contributed by atoms with Gasteiger partial charge in [-0.15, -0.1) is 0 Å². The third-order valence-corrected chi connectivity index (χ3v) is 0.989. The molecular weight excluding hydrogens is 185 g/mol. The van der Waals surface area contributed by atoms with Crippen LogP contribution >= 0.6 is 0 Å². The van der Waals surface area contributed by atoms with E-state index in [4.69, 9.17) is 0 Å². The van der Waals surface area contributed by atoms with Gasteiger partial charge in [-0.25, -0.2) is 0 Å². The van der Waals surface area contributed by atoms with E-state index in [-0.39, 0.29) is 57.9 Å². The minimum atomic E-state index is -4.74. The third-order valence-electron chi connectivity index (χ3n) is 0.989. The molecule has 0 spiro atoms. The van der Waals surface area contributed by atoms with Gasteiger partial charge < -0.3 is 17.8 Å². The Morgan fingerprint density at radius 2 is 1.91 bits per heavy atom. The van der Waals surface area contributed by atoms with Crippen molar-refractivity contribution in [3.05, 3.63) is 0 Å². The van der Waals surface area contributed by atoms with Gasteiger partial charge in [0.05, 0.1) is 0 Å². The van der Waals surface area contributed by atoms with Crippen molar-refractivity contribution in [1.82, 2.24) is 4.90 Å². The maximum Gasteiger partial charge on any atom is 1.00 e. The number of hydrogen-bond acceptors (Lipinski definition) is 1. The van der Waals surface area contributed by atoms with E-state index < -0.39 is 13.3 Å². The van der Waals surface area contributed by atoms with Crippen LogP contribution in [0, 0.1) is 0 Å². The van der Waals surface area contributed by atoms with Gasteiger partial charge in [-0.1, -0.05) is 6.32 Å². The number of carbonyl (C=O) groups is 1. The average Bonchev–Trinajstić information content (AvgIpc) is 1.81. The molecule has 60 valence electrons.